The van der Waals surface area contributed by atoms with Gasteiger partial charge >= 0.3 is 10.7 Å². The smallest absolute Gasteiger partial charge is 0.301 e. The minimum absolute atomic E-state index is 0. The molecular formula is C4H2Cl4N2O2. The summed E-state index contributed by atoms with van der Waals surface area (Å²) in [5, 5.41) is -1.96. The van der Waals surface area contributed by atoms with E-state index < -0.39 is 10.7 Å². The molecule has 0 aromatic heterocycles. The molecule has 2 amide bonds. The number of carbonyl (C=O) groups excluding carboxylic acids is 2. The predicted molar refractivity (Wildman–Crippen MR) is 50.2 cm³/mol. The van der Waals surface area contributed by atoms with Gasteiger partial charge in [-0.05, 0) is 0 Å². The fourth-order valence-corrected chi connectivity index (χ4v) is 0. The second-order valence-electron chi connectivity index (χ2n) is 0.730. The van der Waals surface area contributed by atoms with E-state index in [9.17, 15) is 9.59 Å². The SMILES string of the molecule is Cl.Cl.[C-]#[N+]C(=O)Cl.[C-]#[N+]C(=O)Cl. The minimum Gasteiger partial charge on any atom is -0.301 e. The molecule has 68 valence electrons. The van der Waals surface area contributed by atoms with Crippen LogP contribution in [0.25, 0.3) is 9.69 Å². The summed E-state index contributed by atoms with van der Waals surface area (Å²) in [7, 11) is 0. The van der Waals surface area contributed by atoms with Gasteiger partial charge in [0.25, 0.3) is 0 Å². The van der Waals surface area contributed by atoms with E-state index in [1.165, 1.54) is 0 Å². The van der Waals surface area contributed by atoms with Gasteiger partial charge in [-0.3, -0.25) is 0 Å². The van der Waals surface area contributed by atoms with Crippen molar-refractivity contribution in [1.29, 1.82) is 0 Å². The zero-order valence-corrected chi connectivity index (χ0v) is 8.43. The molecule has 4 nitrogen and oxygen atoms in total. The first kappa shape index (κ1) is 22.5. The molecule has 0 fully saturated rings. The molecule has 0 rings (SSSR count). The van der Waals surface area contributed by atoms with Gasteiger partial charge in [0.1, 0.15) is 0 Å². The largest absolute Gasteiger partial charge is 0.450 e. The Hall–Kier alpha value is -0.520. The van der Waals surface area contributed by atoms with E-state index >= 15 is 0 Å². The number of halogens is 4. The number of hydrogen-bond donors (Lipinski definition) is 0. The lowest BCUT2D eigenvalue weighted by atomic mass is 11.4. The van der Waals surface area contributed by atoms with Crippen molar-refractivity contribution in [3.63, 3.8) is 0 Å². The van der Waals surface area contributed by atoms with E-state index in [1.54, 1.807) is 0 Å². The van der Waals surface area contributed by atoms with Crippen LogP contribution >= 0.6 is 48.0 Å². The lowest BCUT2D eigenvalue weighted by Crippen LogP contribution is -1.57. The van der Waals surface area contributed by atoms with Gasteiger partial charge in [-0.15, -0.1) is 24.8 Å². The quantitative estimate of drug-likeness (QED) is 0.376. The monoisotopic (exact) mass is 250 g/mol. The second kappa shape index (κ2) is 16.8. The molecule has 0 aromatic carbocycles. The number of carbonyl (C=O) groups is 2. The summed E-state index contributed by atoms with van der Waals surface area (Å²) in [6.45, 7) is 11.6. The van der Waals surface area contributed by atoms with Crippen LogP contribution < -0.4 is 0 Å². The van der Waals surface area contributed by atoms with Gasteiger partial charge < -0.3 is 9.59 Å². The molecule has 0 radical (unpaired) electrons. The van der Waals surface area contributed by atoms with Gasteiger partial charge in [0.15, 0.2) is 0 Å². The highest BCUT2D eigenvalue weighted by Gasteiger charge is 1.80. The minimum atomic E-state index is -0.981. The predicted octanol–water partition coefficient (Wildman–Crippen LogP) is 3.37. The first-order valence-corrected chi connectivity index (χ1v) is 2.44. The van der Waals surface area contributed by atoms with Crippen molar-refractivity contribution in [2.75, 3.05) is 0 Å². The number of rotatable bonds is 0. The average molecular weight is 252 g/mol. The summed E-state index contributed by atoms with van der Waals surface area (Å²) in [5.41, 5.74) is 0. The third kappa shape index (κ3) is 56.3. The molecule has 0 heterocycles. The van der Waals surface area contributed by atoms with Crippen molar-refractivity contribution < 1.29 is 9.59 Å². The van der Waals surface area contributed by atoms with Crippen molar-refractivity contribution in [3.05, 3.63) is 22.8 Å². The van der Waals surface area contributed by atoms with Gasteiger partial charge in [-0.1, -0.05) is 23.2 Å². The number of hydrogen-bond acceptors (Lipinski definition) is 2. The van der Waals surface area contributed by atoms with Gasteiger partial charge in [-0.25, -0.2) is 0 Å². The lowest BCUT2D eigenvalue weighted by molar-refractivity contribution is 0.270. The van der Waals surface area contributed by atoms with Gasteiger partial charge in [-0.2, -0.15) is 9.69 Å². The van der Waals surface area contributed by atoms with Crippen LogP contribution in [0.1, 0.15) is 0 Å². The van der Waals surface area contributed by atoms with E-state index in [2.05, 4.69) is 32.9 Å². The van der Waals surface area contributed by atoms with Crippen molar-refractivity contribution in [2.24, 2.45) is 0 Å². The highest BCUT2D eigenvalue weighted by atomic mass is 35.5. The fourth-order valence-electron chi connectivity index (χ4n) is 0. The summed E-state index contributed by atoms with van der Waals surface area (Å²) >= 11 is 8.94. The maximum absolute atomic E-state index is 9.22. The van der Waals surface area contributed by atoms with Crippen LogP contribution in [-0.4, -0.2) is 10.7 Å². The molecule has 0 unspecified atom stereocenters. The van der Waals surface area contributed by atoms with Crippen LogP contribution in [0, 0.1) is 13.1 Å². The topological polar surface area (TPSA) is 42.9 Å². The molecule has 0 spiro atoms. The van der Waals surface area contributed by atoms with Crippen LogP contribution in [0.15, 0.2) is 0 Å². The third-order valence-corrected chi connectivity index (χ3v) is 0.345. The first-order chi connectivity index (χ1) is 4.54. The van der Waals surface area contributed by atoms with Crippen LogP contribution in [0.3, 0.4) is 0 Å². The number of amides is 2. The van der Waals surface area contributed by atoms with E-state index in [1.807, 2.05) is 0 Å². The average Bonchev–Trinajstić information content (AvgIpc) is 1.89. The Labute approximate surface area is 91.3 Å². The summed E-state index contributed by atoms with van der Waals surface area (Å²) in [6, 6.07) is 0. The van der Waals surface area contributed by atoms with E-state index in [-0.39, 0.29) is 24.8 Å². The zero-order chi connectivity index (χ0) is 8.57. The van der Waals surface area contributed by atoms with Crippen LogP contribution in [0.2, 0.25) is 0 Å². The van der Waals surface area contributed by atoms with Gasteiger partial charge in [0.05, 0.1) is 13.1 Å². The Morgan fingerprint density at radius 1 is 0.917 bits per heavy atom. The molecule has 0 N–H and O–H groups in total. The van der Waals surface area contributed by atoms with Crippen LogP contribution in [-0.2, 0) is 0 Å². The molecule has 0 aliphatic carbocycles. The third-order valence-electron chi connectivity index (χ3n) is 0.176. The molecule has 12 heavy (non-hydrogen) atoms. The van der Waals surface area contributed by atoms with E-state index in [4.69, 9.17) is 13.1 Å². The molecule has 0 saturated carbocycles. The van der Waals surface area contributed by atoms with Crippen molar-refractivity contribution in [3.8, 4) is 0 Å². The Morgan fingerprint density at radius 2 is 1.00 bits per heavy atom. The molecule has 0 bridgehead atoms. The first-order valence-electron chi connectivity index (χ1n) is 1.68. The summed E-state index contributed by atoms with van der Waals surface area (Å²) in [6.07, 6.45) is 0. The molecule has 0 aliphatic rings. The van der Waals surface area contributed by atoms with E-state index in [0.717, 1.165) is 0 Å². The highest BCUT2D eigenvalue weighted by Crippen LogP contribution is 1.79. The van der Waals surface area contributed by atoms with Crippen molar-refractivity contribution in [1.82, 2.24) is 0 Å². The normalized spacial score (nSPS) is 4.67. The van der Waals surface area contributed by atoms with Crippen molar-refractivity contribution in [2.45, 2.75) is 0 Å². The summed E-state index contributed by atoms with van der Waals surface area (Å²) in [5.74, 6) is 0. The Bertz CT molecular complexity index is 192. The Balaban J connectivity index is -0.0000000457. The summed E-state index contributed by atoms with van der Waals surface area (Å²) < 4.78 is 0. The van der Waals surface area contributed by atoms with Crippen LogP contribution in [0.5, 0.6) is 0 Å². The Kier molecular flexibility index (Phi) is 31.6. The lowest BCUT2D eigenvalue weighted by Gasteiger charge is -1.52. The molecule has 0 aromatic rings. The van der Waals surface area contributed by atoms with Crippen molar-refractivity contribution >= 4 is 58.7 Å². The maximum Gasteiger partial charge on any atom is 0.450 e. The van der Waals surface area contributed by atoms with E-state index in [0.29, 0.717) is 0 Å². The fraction of sp³-hybridized carbons (Fsp3) is 0. The second-order valence-corrected chi connectivity index (χ2v) is 1.38. The highest BCUT2D eigenvalue weighted by molar-refractivity contribution is 6.66. The van der Waals surface area contributed by atoms with Gasteiger partial charge in [0.2, 0.25) is 0 Å². The molecule has 8 heteroatoms. The number of nitrogens with zero attached hydrogens (tertiary/aromatic N) is 2. The standard InChI is InChI=1S/2C2ClNO.2ClH/c2*1-4-2(3)5;;/h;;2*1H. The van der Waals surface area contributed by atoms with Crippen LogP contribution in [0.4, 0.5) is 9.59 Å². The molecular weight excluding hydrogens is 250 g/mol. The molecule has 0 atom stereocenters. The zero-order valence-electron chi connectivity index (χ0n) is 5.28. The summed E-state index contributed by atoms with van der Waals surface area (Å²) in [4.78, 5) is 23.0. The Morgan fingerprint density at radius 3 is 1.00 bits per heavy atom. The maximum atomic E-state index is 9.22. The molecule has 0 aliphatic heterocycles. The van der Waals surface area contributed by atoms with Gasteiger partial charge in [0, 0.05) is 0 Å². The molecule has 0 saturated heterocycles.